The SMILES string of the molecule is CC(CC(=O)N1CCN(C(=O)c2cccc(O)c2)CC1)C1CCNCC1.Cl. The third kappa shape index (κ3) is 5.59. The lowest BCUT2D eigenvalue weighted by Crippen LogP contribution is -2.51. The maximum absolute atomic E-state index is 12.6. The Labute approximate surface area is 167 Å². The molecule has 2 saturated heterocycles. The van der Waals surface area contributed by atoms with Gasteiger partial charge in [-0.05, 0) is 56.0 Å². The number of carbonyl (C=O) groups is 2. The van der Waals surface area contributed by atoms with Gasteiger partial charge in [-0.3, -0.25) is 9.59 Å². The van der Waals surface area contributed by atoms with Crippen LogP contribution in [0.3, 0.4) is 0 Å². The molecule has 2 aliphatic heterocycles. The molecule has 3 rings (SSSR count). The number of benzene rings is 1. The first-order valence-corrected chi connectivity index (χ1v) is 9.61. The first-order chi connectivity index (χ1) is 12.5. The van der Waals surface area contributed by atoms with E-state index < -0.39 is 0 Å². The standard InChI is InChI=1S/C20H29N3O3.ClH/c1-15(16-5-7-21-8-6-16)13-19(25)22-9-11-23(12-10-22)20(26)17-3-2-4-18(24)14-17;/h2-4,14-16,21,24H,5-13H2,1H3;1H. The van der Waals surface area contributed by atoms with Crippen molar-refractivity contribution in [1.29, 1.82) is 0 Å². The van der Waals surface area contributed by atoms with Gasteiger partial charge in [0, 0.05) is 38.2 Å². The van der Waals surface area contributed by atoms with Crippen LogP contribution in [0, 0.1) is 11.8 Å². The molecule has 0 spiro atoms. The highest BCUT2D eigenvalue weighted by molar-refractivity contribution is 5.94. The molecule has 2 N–H and O–H groups in total. The summed E-state index contributed by atoms with van der Waals surface area (Å²) in [7, 11) is 0. The van der Waals surface area contributed by atoms with Crippen molar-refractivity contribution in [3.63, 3.8) is 0 Å². The minimum Gasteiger partial charge on any atom is -0.508 e. The molecule has 150 valence electrons. The Balaban J connectivity index is 0.00000261. The summed E-state index contributed by atoms with van der Waals surface area (Å²) in [5.74, 6) is 1.26. The van der Waals surface area contributed by atoms with Crippen molar-refractivity contribution in [2.24, 2.45) is 11.8 Å². The van der Waals surface area contributed by atoms with Crippen LogP contribution >= 0.6 is 12.4 Å². The molecule has 2 heterocycles. The number of halogens is 1. The Morgan fingerprint density at radius 3 is 2.41 bits per heavy atom. The molecule has 2 aliphatic rings. The third-order valence-electron chi connectivity index (χ3n) is 5.70. The number of hydrogen-bond donors (Lipinski definition) is 2. The summed E-state index contributed by atoms with van der Waals surface area (Å²) in [6.45, 7) is 6.56. The predicted molar refractivity (Wildman–Crippen MR) is 107 cm³/mol. The number of nitrogens with one attached hydrogen (secondary N) is 1. The summed E-state index contributed by atoms with van der Waals surface area (Å²) in [4.78, 5) is 28.8. The summed E-state index contributed by atoms with van der Waals surface area (Å²) >= 11 is 0. The fourth-order valence-corrected chi connectivity index (χ4v) is 3.96. The van der Waals surface area contributed by atoms with E-state index in [4.69, 9.17) is 0 Å². The molecule has 1 aromatic carbocycles. The molecule has 0 bridgehead atoms. The van der Waals surface area contributed by atoms with E-state index in [0.717, 1.165) is 25.9 Å². The van der Waals surface area contributed by atoms with E-state index in [-0.39, 0.29) is 30.0 Å². The average molecular weight is 396 g/mol. The van der Waals surface area contributed by atoms with Gasteiger partial charge in [-0.1, -0.05) is 13.0 Å². The molecular formula is C20H30ClN3O3. The van der Waals surface area contributed by atoms with Crippen LogP contribution in [0.15, 0.2) is 24.3 Å². The van der Waals surface area contributed by atoms with Crippen LogP contribution in [0.25, 0.3) is 0 Å². The van der Waals surface area contributed by atoms with E-state index >= 15 is 0 Å². The van der Waals surface area contributed by atoms with Crippen molar-refractivity contribution in [2.75, 3.05) is 39.3 Å². The Kier molecular flexibility index (Phi) is 7.92. The van der Waals surface area contributed by atoms with Crippen molar-refractivity contribution in [2.45, 2.75) is 26.2 Å². The second-order valence-corrected chi connectivity index (χ2v) is 7.49. The largest absolute Gasteiger partial charge is 0.508 e. The van der Waals surface area contributed by atoms with E-state index in [0.29, 0.717) is 50.0 Å². The quantitative estimate of drug-likeness (QED) is 0.819. The summed E-state index contributed by atoms with van der Waals surface area (Å²) in [5, 5.41) is 12.9. The van der Waals surface area contributed by atoms with E-state index in [1.54, 1.807) is 23.1 Å². The van der Waals surface area contributed by atoms with Gasteiger partial charge in [0.1, 0.15) is 5.75 Å². The van der Waals surface area contributed by atoms with Gasteiger partial charge in [0.05, 0.1) is 0 Å². The summed E-state index contributed by atoms with van der Waals surface area (Å²) in [6, 6.07) is 6.42. The number of piperidine rings is 1. The van der Waals surface area contributed by atoms with E-state index in [1.165, 1.54) is 6.07 Å². The lowest BCUT2D eigenvalue weighted by Gasteiger charge is -2.36. The molecule has 0 aromatic heterocycles. The molecular weight excluding hydrogens is 366 g/mol. The molecule has 1 atom stereocenters. The summed E-state index contributed by atoms with van der Waals surface area (Å²) in [5.41, 5.74) is 0.490. The normalized spacial score (nSPS) is 19.3. The van der Waals surface area contributed by atoms with Crippen molar-refractivity contribution in [3.05, 3.63) is 29.8 Å². The second-order valence-electron chi connectivity index (χ2n) is 7.49. The van der Waals surface area contributed by atoms with Crippen LogP contribution in [-0.4, -0.2) is 66.0 Å². The number of piperazine rings is 1. The van der Waals surface area contributed by atoms with Gasteiger partial charge in [0.15, 0.2) is 0 Å². The van der Waals surface area contributed by atoms with Crippen molar-refractivity contribution < 1.29 is 14.7 Å². The van der Waals surface area contributed by atoms with Crippen LogP contribution in [-0.2, 0) is 4.79 Å². The molecule has 0 radical (unpaired) electrons. The zero-order chi connectivity index (χ0) is 18.5. The zero-order valence-electron chi connectivity index (χ0n) is 15.9. The molecule has 1 aromatic rings. The van der Waals surface area contributed by atoms with Gasteiger partial charge >= 0.3 is 0 Å². The number of amides is 2. The van der Waals surface area contributed by atoms with Crippen LogP contribution < -0.4 is 5.32 Å². The highest BCUT2D eigenvalue weighted by atomic mass is 35.5. The first-order valence-electron chi connectivity index (χ1n) is 9.61. The monoisotopic (exact) mass is 395 g/mol. The number of phenolic OH excluding ortho intramolecular Hbond substituents is 1. The average Bonchev–Trinajstić information content (AvgIpc) is 2.68. The van der Waals surface area contributed by atoms with Crippen LogP contribution in [0.1, 0.15) is 36.5 Å². The van der Waals surface area contributed by atoms with Crippen molar-refractivity contribution >= 4 is 24.2 Å². The molecule has 27 heavy (non-hydrogen) atoms. The number of carbonyl (C=O) groups excluding carboxylic acids is 2. The number of rotatable bonds is 4. The molecule has 2 fully saturated rings. The summed E-state index contributed by atoms with van der Waals surface area (Å²) in [6.07, 6.45) is 2.91. The minimum atomic E-state index is -0.0870. The van der Waals surface area contributed by atoms with Crippen LogP contribution in [0.4, 0.5) is 0 Å². The van der Waals surface area contributed by atoms with Gasteiger partial charge in [0.2, 0.25) is 5.91 Å². The zero-order valence-corrected chi connectivity index (χ0v) is 16.7. The van der Waals surface area contributed by atoms with Gasteiger partial charge in [-0.25, -0.2) is 0 Å². The highest BCUT2D eigenvalue weighted by Gasteiger charge is 2.28. The molecule has 7 heteroatoms. The van der Waals surface area contributed by atoms with Gasteiger partial charge < -0.3 is 20.2 Å². The number of hydrogen-bond acceptors (Lipinski definition) is 4. The highest BCUT2D eigenvalue weighted by Crippen LogP contribution is 2.25. The van der Waals surface area contributed by atoms with E-state index in [9.17, 15) is 14.7 Å². The maximum Gasteiger partial charge on any atom is 0.254 e. The lowest BCUT2D eigenvalue weighted by atomic mass is 9.84. The molecule has 2 amide bonds. The number of phenols is 1. The maximum atomic E-state index is 12.6. The predicted octanol–water partition coefficient (Wildman–Crippen LogP) is 2.12. The topological polar surface area (TPSA) is 72.9 Å². The van der Waals surface area contributed by atoms with Crippen molar-refractivity contribution in [3.8, 4) is 5.75 Å². The fraction of sp³-hybridized carbons (Fsp3) is 0.600. The van der Waals surface area contributed by atoms with Gasteiger partial charge in [-0.15, -0.1) is 12.4 Å². The second kappa shape index (κ2) is 9.95. The Morgan fingerprint density at radius 2 is 1.78 bits per heavy atom. The van der Waals surface area contributed by atoms with E-state index in [2.05, 4.69) is 12.2 Å². The van der Waals surface area contributed by atoms with Crippen LogP contribution in [0.5, 0.6) is 5.75 Å². The Hall–Kier alpha value is -1.79. The third-order valence-corrected chi connectivity index (χ3v) is 5.70. The minimum absolute atomic E-state index is 0. The Morgan fingerprint density at radius 1 is 1.15 bits per heavy atom. The molecule has 6 nitrogen and oxygen atoms in total. The molecule has 1 unspecified atom stereocenters. The van der Waals surface area contributed by atoms with Gasteiger partial charge in [-0.2, -0.15) is 0 Å². The molecule has 0 aliphatic carbocycles. The Bertz CT molecular complexity index is 641. The number of nitrogens with zero attached hydrogens (tertiary/aromatic N) is 2. The smallest absolute Gasteiger partial charge is 0.254 e. The van der Waals surface area contributed by atoms with E-state index in [1.807, 2.05) is 4.90 Å². The molecule has 0 saturated carbocycles. The van der Waals surface area contributed by atoms with Gasteiger partial charge in [0.25, 0.3) is 5.91 Å². The summed E-state index contributed by atoms with van der Waals surface area (Å²) < 4.78 is 0. The van der Waals surface area contributed by atoms with Crippen LogP contribution in [0.2, 0.25) is 0 Å². The lowest BCUT2D eigenvalue weighted by molar-refractivity contribution is -0.134. The first kappa shape index (κ1) is 21.5. The number of aromatic hydroxyl groups is 1. The van der Waals surface area contributed by atoms with Crippen molar-refractivity contribution in [1.82, 2.24) is 15.1 Å². The fourth-order valence-electron chi connectivity index (χ4n) is 3.96.